The molecule has 1 aromatic carbocycles. The highest BCUT2D eigenvalue weighted by atomic mass is 35.5. The summed E-state index contributed by atoms with van der Waals surface area (Å²) >= 11 is 5.90. The number of hydrogen-bond acceptors (Lipinski definition) is 2. The second kappa shape index (κ2) is 4.03. The van der Waals surface area contributed by atoms with Gasteiger partial charge in [0.05, 0.1) is 11.2 Å². The first kappa shape index (κ1) is 11.1. The number of anilines is 1. The summed E-state index contributed by atoms with van der Waals surface area (Å²) in [4.78, 5) is 4.60. The number of fused-ring (bicyclic) bond motifs is 1. The van der Waals surface area contributed by atoms with Gasteiger partial charge in [0.15, 0.2) is 0 Å². The summed E-state index contributed by atoms with van der Waals surface area (Å²) in [6, 6.07) is 11.5. The minimum Gasteiger partial charge on any atom is -0.399 e. The van der Waals surface area contributed by atoms with Gasteiger partial charge in [-0.15, -0.1) is 0 Å². The van der Waals surface area contributed by atoms with Crippen molar-refractivity contribution in [2.24, 2.45) is 0 Å². The van der Waals surface area contributed by atoms with Crippen molar-refractivity contribution in [1.29, 1.82) is 0 Å². The number of halogens is 1. The second-order valence-electron chi connectivity index (χ2n) is 4.23. The van der Waals surface area contributed by atoms with Gasteiger partial charge in [0.1, 0.15) is 5.82 Å². The van der Waals surface area contributed by atoms with Crippen LogP contribution in [0, 0.1) is 6.92 Å². The third-order valence-corrected chi connectivity index (χ3v) is 3.21. The fourth-order valence-electron chi connectivity index (χ4n) is 2.07. The first-order valence-electron chi connectivity index (χ1n) is 5.65. The zero-order valence-electron chi connectivity index (χ0n) is 9.89. The van der Waals surface area contributed by atoms with E-state index in [-0.39, 0.29) is 0 Å². The van der Waals surface area contributed by atoms with E-state index < -0.39 is 0 Å². The van der Waals surface area contributed by atoms with Crippen LogP contribution in [0.2, 0.25) is 5.02 Å². The lowest BCUT2D eigenvalue weighted by Crippen LogP contribution is -1.90. The average molecular weight is 258 g/mol. The van der Waals surface area contributed by atoms with Gasteiger partial charge in [0, 0.05) is 22.5 Å². The lowest BCUT2D eigenvalue weighted by atomic mass is 10.1. The molecular formula is C14H12ClN3. The molecule has 2 N–H and O–H groups in total. The summed E-state index contributed by atoms with van der Waals surface area (Å²) in [6.45, 7) is 1.97. The molecule has 0 unspecified atom stereocenters. The van der Waals surface area contributed by atoms with Crippen LogP contribution in [0.25, 0.3) is 16.8 Å². The zero-order chi connectivity index (χ0) is 12.7. The maximum Gasteiger partial charge on any atom is 0.110 e. The van der Waals surface area contributed by atoms with Crippen LogP contribution >= 0.6 is 11.6 Å². The third-order valence-electron chi connectivity index (χ3n) is 2.96. The van der Waals surface area contributed by atoms with Crippen LogP contribution in [-0.4, -0.2) is 9.38 Å². The molecular weight excluding hydrogens is 246 g/mol. The molecule has 2 heterocycles. The molecule has 3 aromatic rings. The lowest BCUT2D eigenvalue weighted by molar-refractivity contribution is 1.05. The van der Waals surface area contributed by atoms with Crippen molar-refractivity contribution in [3.05, 3.63) is 53.4 Å². The van der Waals surface area contributed by atoms with Gasteiger partial charge in [0.25, 0.3) is 0 Å². The van der Waals surface area contributed by atoms with Crippen LogP contribution in [-0.2, 0) is 0 Å². The molecule has 3 rings (SSSR count). The Balaban J connectivity index is 2.28. The maximum atomic E-state index is 5.90. The number of imidazole rings is 1. The molecule has 0 saturated heterocycles. The number of rotatable bonds is 1. The SMILES string of the molecule is Cc1nc(-c2ccc(Cl)cc2)c2cc(N)ccn12. The zero-order valence-corrected chi connectivity index (χ0v) is 10.6. The van der Waals surface area contributed by atoms with Crippen molar-refractivity contribution in [2.45, 2.75) is 6.92 Å². The van der Waals surface area contributed by atoms with Crippen LogP contribution in [0.1, 0.15) is 5.82 Å². The van der Waals surface area contributed by atoms with Crippen LogP contribution in [0.15, 0.2) is 42.6 Å². The largest absolute Gasteiger partial charge is 0.399 e. The number of nitrogen functional groups attached to an aromatic ring is 1. The molecule has 2 aromatic heterocycles. The molecule has 0 fully saturated rings. The van der Waals surface area contributed by atoms with Crippen molar-refractivity contribution in [3.63, 3.8) is 0 Å². The summed E-state index contributed by atoms with van der Waals surface area (Å²) in [5.74, 6) is 0.940. The van der Waals surface area contributed by atoms with Gasteiger partial charge >= 0.3 is 0 Å². The highest BCUT2D eigenvalue weighted by Gasteiger charge is 2.10. The number of nitrogens with two attached hydrogens (primary N) is 1. The van der Waals surface area contributed by atoms with Gasteiger partial charge in [-0.25, -0.2) is 4.98 Å². The summed E-state index contributed by atoms with van der Waals surface area (Å²) in [5.41, 5.74) is 9.55. The number of benzene rings is 1. The maximum absolute atomic E-state index is 5.90. The Morgan fingerprint density at radius 2 is 1.89 bits per heavy atom. The molecule has 0 aliphatic carbocycles. The molecule has 0 aliphatic heterocycles. The normalized spacial score (nSPS) is 11.0. The molecule has 0 atom stereocenters. The summed E-state index contributed by atoms with van der Waals surface area (Å²) in [7, 11) is 0. The van der Waals surface area contributed by atoms with Crippen LogP contribution in [0.3, 0.4) is 0 Å². The van der Waals surface area contributed by atoms with Crippen molar-refractivity contribution in [1.82, 2.24) is 9.38 Å². The molecule has 0 bridgehead atoms. The van der Waals surface area contributed by atoms with Gasteiger partial charge < -0.3 is 10.1 Å². The molecule has 3 nitrogen and oxygen atoms in total. The number of nitrogens with zero attached hydrogens (tertiary/aromatic N) is 2. The molecule has 0 radical (unpaired) electrons. The number of aromatic nitrogens is 2. The van der Waals surface area contributed by atoms with E-state index in [4.69, 9.17) is 17.3 Å². The van der Waals surface area contributed by atoms with Gasteiger partial charge in [-0.2, -0.15) is 0 Å². The monoisotopic (exact) mass is 257 g/mol. The van der Waals surface area contributed by atoms with E-state index in [0.29, 0.717) is 0 Å². The second-order valence-corrected chi connectivity index (χ2v) is 4.67. The van der Waals surface area contributed by atoms with Crippen LogP contribution in [0.5, 0.6) is 0 Å². The smallest absolute Gasteiger partial charge is 0.110 e. The Labute approximate surface area is 110 Å². The number of hydrogen-bond donors (Lipinski definition) is 1. The molecule has 18 heavy (non-hydrogen) atoms. The average Bonchev–Trinajstić information content (AvgIpc) is 2.67. The highest BCUT2D eigenvalue weighted by Crippen LogP contribution is 2.27. The summed E-state index contributed by atoms with van der Waals surface area (Å²) < 4.78 is 2.03. The Hall–Kier alpha value is -2.00. The van der Waals surface area contributed by atoms with E-state index in [1.54, 1.807) is 0 Å². The number of aryl methyl sites for hydroxylation is 1. The summed E-state index contributed by atoms with van der Waals surface area (Å²) in [5, 5.41) is 0.721. The quantitative estimate of drug-likeness (QED) is 0.725. The van der Waals surface area contributed by atoms with E-state index in [9.17, 15) is 0 Å². The first-order valence-corrected chi connectivity index (χ1v) is 6.03. The third kappa shape index (κ3) is 1.73. The van der Waals surface area contributed by atoms with E-state index >= 15 is 0 Å². The van der Waals surface area contributed by atoms with E-state index in [1.165, 1.54) is 0 Å². The lowest BCUT2D eigenvalue weighted by Gasteiger charge is -2.00. The van der Waals surface area contributed by atoms with E-state index in [2.05, 4.69) is 4.98 Å². The molecule has 4 heteroatoms. The summed E-state index contributed by atoms with van der Waals surface area (Å²) in [6.07, 6.45) is 1.94. The molecule has 0 saturated carbocycles. The van der Waals surface area contributed by atoms with Crippen molar-refractivity contribution >= 4 is 22.8 Å². The minimum absolute atomic E-state index is 0.721. The topological polar surface area (TPSA) is 43.3 Å². The Morgan fingerprint density at radius 1 is 1.17 bits per heavy atom. The predicted molar refractivity (Wildman–Crippen MR) is 74.8 cm³/mol. The Kier molecular flexibility index (Phi) is 2.49. The molecule has 0 aliphatic rings. The predicted octanol–water partition coefficient (Wildman–Crippen LogP) is 3.55. The fourth-order valence-corrected chi connectivity index (χ4v) is 2.20. The standard InChI is InChI=1S/C14H12ClN3/c1-9-17-14(10-2-4-11(15)5-3-10)13-8-12(16)6-7-18(9)13/h2-8H,16H2,1H3. The number of pyridine rings is 1. The van der Waals surface area contributed by atoms with Gasteiger partial charge in [-0.3, -0.25) is 0 Å². The fraction of sp³-hybridized carbons (Fsp3) is 0.0714. The van der Waals surface area contributed by atoms with E-state index in [1.807, 2.05) is 53.9 Å². The minimum atomic E-state index is 0.721. The van der Waals surface area contributed by atoms with Crippen LogP contribution in [0.4, 0.5) is 5.69 Å². The molecule has 0 spiro atoms. The van der Waals surface area contributed by atoms with Gasteiger partial charge in [-0.1, -0.05) is 23.7 Å². The Morgan fingerprint density at radius 3 is 2.61 bits per heavy atom. The van der Waals surface area contributed by atoms with Gasteiger partial charge in [-0.05, 0) is 31.2 Å². The van der Waals surface area contributed by atoms with E-state index in [0.717, 1.165) is 33.3 Å². The van der Waals surface area contributed by atoms with Crippen molar-refractivity contribution in [3.8, 4) is 11.3 Å². The molecule has 0 amide bonds. The Bertz CT molecular complexity index is 714. The van der Waals surface area contributed by atoms with Crippen molar-refractivity contribution < 1.29 is 0 Å². The van der Waals surface area contributed by atoms with Crippen molar-refractivity contribution in [2.75, 3.05) is 5.73 Å². The first-order chi connectivity index (χ1) is 8.65. The van der Waals surface area contributed by atoms with Gasteiger partial charge in [0.2, 0.25) is 0 Å². The molecule has 90 valence electrons. The van der Waals surface area contributed by atoms with Crippen LogP contribution < -0.4 is 5.73 Å². The highest BCUT2D eigenvalue weighted by molar-refractivity contribution is 6.30.